The van der Waals surface area contributed by atoms with Gasteiger partial charge in [-0.3, -0.25) is 0 Å². The second-order valence-electron chi connectivity index (χ2n) is 17.6. The molecular weight excluding hydrogens is 749 g/mol. The first-order valence-corrected chi connectivity index (χ1v) is 21.9. The van der Waals surface area contributed by atoms with E-state index in [0.717, 1.165) is 46.0 Å². The maximum absolute atomic E-state index is 5.58. The van der Waals surface area contributed by atoms with Crippen LogP contribution in [0.4, 0.5) is 0 Å². The zero-order valence-electron chi connectivity index (χ0n) is 34.5. The molecule has 0 radical (unpaired) electrons. The Hall–Kier alpha value is -7.68. The second kappa shape index (κ2) is 12.4. The summed E-state index contributed by atoms with van der Waals surface area (Å²) in [5.74, 6) is 0. The number of hydrogen-bond acceptors (Lipinski definition) is 2. The number of fused-ring (bicyclic) bond motifs is 12. The molecule has 2 nitrogen and oxygen atoms in total. The van der Waals surface area contributed by atoms with Crippen LogP contribution in [0.1, 0.15) is 32.3 Å². The number of para-hydroxylation sites is 2. The van der Waals surface area contributed by atoms with Gasteiger partial charge >= 0.3 is 0 Å². The first kappa shape index (κ1) is 34.1. The van der Waals surface area contributed by atoms with Crippen LogP contribution in [0, 0.1) is 0 Å². The molecule has 0 N–H and O–H groups in total. The molecule has 0 spiro atoms. The third-order valence-corrected chi connectivity index (χ3v) is 14.2. The minimum Gasteiger partial charge on any atom is -0.248 e. The van der Waals surface area contributed by atoms with Crippen LogP contribution in [0.5, 0.6) is 0 Å². The number of aromatic nitrogens is 2. The second-order valence-corrected chi connectivity index (χ2v) is 17.6. The van der Waals surface area contributed by atoms with Crippen molar-refractivity contribution in [3.05, 3.63) is 187 Å². The molecule has 0 saturated carbocycles. The normalized spacial score (nSPS) is 13.9. The number of nitrogens with zero attached hydrogens (tertiary/aromatic N) is 2. The molecule has 288 valence electrons. The Morgan fingerprint density at radius 2 is 0.952 bits per heavy atom. The lowest BCUT2D eigenvalue weighted by Crippen LogP contribution is -1.97. The number of benzene rings is 9. The third-order valence-electron chi connectivity index (χ3n) is 14.2. The average molecular weight is 787 g/mol. The van der Waals surface area contributed by atoms with Crippen LogP contribution < -0.4 is 0 Å². The highest BCUT2D eigenvalue weighted by molar-refractivity contribution is 6.46. The van der Waals surface area contributed by atoms with E-state index in [1.54, 1.807) is 0 Å². The summed E-state index contributed by atoms with van der Waals surface area (Å²) in [5, 5.41) is 22.5. The fraction of sp³-hybridized carbons (Fsp3) is 0.0667. The zero-order valence-corrected chi connectivity index (χ0v) is 34.5. The van der Waals surface area contributed by atoms with Gasteiger partial charge in [0.2, 0.25) is 0 Å². The van der Waals surface area contributed by atoms with E-state index in [9.17, 15) is 0 Å². The first-order valence-electron chi connectivity index (χ1n) is 21.9. The predicted octanol–water partition coefficient (Wildman–Crippen LogP) is 16.7. The van der Waals surface area contributed by atoms with Crippen LogP contribution in [-0.4, -0.2) is 9.97 Å². The van der Waals surface area contributed by atoms with Gasteiger partial charge in [-0.1, -0.05) is 133 Å². The molecule has 0 fully saturated rings. The van der Waals surface area contributed by atoms with E-state index in [1.165, 1.54) is 120 Å². The molecule has 62 heavy (non-hydrogen) atoms. The predicted molar refractivity (Wildman–Crippen MR) is 266 cm³/mol. The number of allylic oxidation sites excluding steroid dienone is 4. The fourth-order valence-corrected chi connectivity index (χ4v) is 11.6. The van der Waals surface area contributed by atoms with Gasteiger partial charge in [0.1, 0.15) is 0 Å². The summed E-state index contributed by atoms with van der Waals surface area (Å²) < 4.78 is 0. The molecule has 0 unspecified atom stereocenters. The highest BCUT2D eigenvalue weighted by atomic mass is 14.7. The smallest absolute Gasteiger partial charge is 0.0722 e. The van der Waals surface area contributed by atoms with Crippen molar-refractivity contribution in [1.29, 1.82) is 0 Å². The lowest BCUT2D eigenvalue weighted by Gasteiger charge is -2.19. The molecule has 1 aliphatic carbocycles. The van der Waals surface area contributed by atoms with E-state index in [1.807, 2.05) is 0 Å². The highest BCUT2D eigenvalue weighted by Gasteiger charge is 2.28. The summed E-state index contributed by atoms with van der Waals surface area (Å²) in [7, 11) is 0. The molecule has 2 aromatic heterocycles. The van der Waals surface area contributed by atoms with E-state index < -0.39 is 0 Å². The van der Waals surface area contributed by atoms with E-state index in [0.29, 0.717) is 0 Å². The van der Waals surface area contributed by atoms with Crippen LogP contribution in [0.15, 0.2) is 181 Å². The van der Waals surface area contributed by atoms with Crippen molar-refractivity contribution in [1.82, 2.24) is 9.97 Å². The summed E-state index contributed by atoms with van der Waals surface area (Å²) in [6.45, 7) is 4.59. The van der Waals surface area contributed by atoms with Gasteiger partial charge in [0.15, 0.2) is 0 Å². The molecule has 13 aromatic rings. The number of pyridine rings is 2. The SMILES string of the molecule is CC1=CCCC(C)=C1c1ccc2c(c1)cc1c3c(-c4ccc5ccccc5n4)c4c(cc5c6ccccc6c6cccc4c65)c(-c4ccc5ccccc5n4)c3c3cccc2c31. The maximum atomic E-state index is 5.58. The third kappa shape index (κ3) is 4.53. The van der Waals surface area contributed by atoms with E-state index in [-0.39, 0.29) is 0 Å². The fourth-order valence-electron chi connectivity index (χ4n) is 11.6. The lowest BCUT2D eigenvalue weighted by molar-refractivity contribution is 0.953. The Morgan fingerprint density at radius 3 is 1.68 bits per heavy atom. The van der Waals surface area contributed by atoms with Crippen molar-refractivity contribution in [2.45, 2.75) is 26.7 Å². The summed E-state index contributed by atoms with van der Waals surface area (Å²) in [4.78, 5) is 11.1. The maximum Gasteiger partial charge on any atom is 0.0722 e. The Balaban J connectivity index is 1.26. The Bertz CT molecular complexity index is 4170. The number of rotatable bonds is 3. The van der Waals surface area contributed by atoms with Gasteiger partial charge in [-0.2, -0.15) is 0 Å². The van der Waals surface area contributed by atoms with Crippen molar-refractivity contribution in [3.63, 3.8) is 0 Å². The number of hydrogen-bond donors (Lipinski definition) is 0. The summed E-state index contributed by atoms with van der Waals surface area (Å²) in [5.41, 5.74) is 11.8. The molecule has 0 amide bonds. The van der Waals surface area contributed by atoms with Crippen molar-refractivity contribution in [2.24, 2.45) is 0 Å². The van der Waals surface area contributed by atoms with Gasteiger partial charge in [-0.05, 0) is 156 Å². The molecule has 0 atom stereocenters. The van der Waals surface area contributed by atoms with E-state index in [2.05, 4.69) is 184 Å². The van der Waals surface area contributed by atoms with Crippen LogP contribution >= 0.6 is 0 Å². The van der Waals surface area contributed by atoms with E-state index in [4.69, 9.17) is 9.97 Å². The summed E-state index contributed by atoms with van der Waals surface area (Å²) in [6, 6.07) is 61.0. The van der Waals surface area contributed by atoms with Gasteiger partial charge in [0, 0.05) is 38.1 Å². The largest absolute Gasteiger partial charge is 0.248 e. The van der Waals surface area contributed by atoms with Crippen molar-refractivity contribution < 1.29 is 0 Å². The molecule has 2 heteroatoms. The molecule has 0 bridgehead atoms. The first-order chi connectivity index (χ1) is 30.6. The molecule has 0 saturated heterocycles. The molecule has 14 rings (SSSR count). The van der Waals surface area contributed by atoms with Gasteiger partial charge < -0.3 is 0 Å². The summed E-state index contributed by atoms with van der Waals surface area (Å²) in [6.07, 6.45) is 4.62. The van der Waals surface area contributed by atoms with Gasteiger partial charge in [0.25, 0.3) is 0 Å². The van der Waals surface area contributed by atoms with Crippen molar-refractivity contribution >= 4 is 114 Å². The average Bonchev–Trinajstić information content (AvgIpc) is 3.81. The Labute approximate surface area is 357 Å². The molecular formula is C60H38N2. The van der Waals surface area contributed by atoms with Crippen LogP contribution in [-0.2, 0) is 0 Å². The van der Waals surface area contributed by atoms with Crippen LogP contribution in [0.3, 0.4) is 0 Å². The summed E-state index contributed by atoms with van der Waals surface area (Å²) >= 11 is 0. The molecule has 11 aromatic carbocycles. The monoisotopic (exact) mass is 786 g/mol. The molecule has 0 aliphatic heterocycles. The Morgan fingerprint density at radius 1 is 0.371 bits per heavy atom. The van der Waals surface area contributed by atoms with Gasteiger partial charge in [-0.25, -0.2) is 9.97 Å². The van der Waals surface area contributed by atoms with Crippen molar-refractivity contribution in [2.75, 3.05) is 0 Å². The van der Waals surface area contributed by atoms with Crippen LogP contribution in [0.2, 0.25) is 0 Å². The topological polar surface area (TPSA) is 25.8 Å². The minimum atomic E-state index is 0.982. The van der Waals surface area contributed by atoms with Gasteiger partial charge in [-0.15, -0.1) is 0 Å². The van der Waals surface area contributed by atoms with Crippen molar-refractivity contribution in [3.8, 4) is 22.5 Å². The van der Waals surface area contributed by atoms with E-state index >= 15 is 0 Å². The Kier molecular flexibility index (Phi) is 6.84. The molecule has 1 aliphatic rings. The minimum absolute atomic E-state index is 0.982. The molecule has 2 heterocycles. The quantitative estimate of drug-likeness (QED) is 0.167. The van der Waals surface area contributed by atoms with Crippen LogP contribution in [0.25, 0.3) is 136 Å². The zero-order chi connectivity index (χ0) is 40.8. The standard InChI is InChI=1S/C60H38N2/c1-33-12-9-13-34(2)53(33)37-24-27-39-38(30-37)31-47-55-42(39)18-10-21-45(55)58-57(51-28-25-35-14-3-7-22-49(35)61-51)48-32-46-41-17-6-5-16-40(41)43-19-11-20-44(54(43)46)56(48)60(59(47)58)52-29-26-36-15-4-8-23-50(36)62-52/h3-8,10-12,14-32H,9,13H2,1-2H3. The highest BCUT2D eigenvalue weighted by Crippen LogP contribution is 2.55. The lowest BCUT2D eigenvalue weighted by atomic mass is 9.85. The van der Waals surface area contributed by atoms with Gasteiger partial charge in [0.05, 0.1) is 22.4 Å².